The first kappa shape index (κ1) is 11.2. The second-order valence-corrected chi connectivity index (χ2v) is 4.31. The first-order valence-corrected chi connectivity index (χ1v) is 5.91. The Balaban J connectivity index is 2.00. The molecule has 1 atom stereocenters. The Morgan fingerprint density at radius 2 is 2.44 bits per heavy atom. The molecule has 3 heterocycles. The molecular weight excluding hydrogens is 234 g/mol. The number of nitrogens with two attached hydrogens (primary N) is 1. The molecule has 0 aliphatic carbocycles. The maximum Gasteiger partial charge on any atom is 0.325 e. The van der Waals surface area contributed by atoms with Gasteiger partial charge in [0.1, 0.15) is 5.52 Å². The number of ether oxygens (including phenoxy) is 1. The molecule has 3 rings (SSSR count). The molecule has 1 aliphatic rings. The molecular formula is C11H15N5O2. The van der Waals surface area contributed by atoms with E-state index >= 15 is 0 Å². The normalized spacial score (nSPS) is 20.5. The summed E-state index contributed by atoms with van der Waals surface area (Å²) in [6.07, 6.45) is 1.72. The van der Waals surface area contributed by atoms with E-state index in [4.69, 9.17) is 10.5 Å². The maximum absolute atomic E-state index is 11.3. The van der Waals surface area contributed by atoms with Gasteiger partial charge in [-0.1, -0.05) is 0 Å². The number of anilines is 1. The van der Waals surface area contributed by atoms with Crippen molar-refractivity contribution in [2.75, 3.05) is 31.1 Å². The van der Waals surface area contributed by atoms with Crippen LogP contribution in [-0.4, -0.2) is 47.3 Å². The Morgan fingerprint density at radius 3 is 3.28 bits per heavy atom. The smallest absolute Gasteiger partial charge is 0.325 e. The van der Waals surface area contributed by atoms with Crippen LogP contribution in [0.1, 0.15) is 0 Å². The van der Waals surface area contributed by atoms with Crippen molar-refractivity contribution in [3.05, 3.63) is 22.7 Å². The van der Waals surface area contributed by atoms with Crippen molar-refractivity contribution < 1.29 is 4.74 Å². The zero-order valence-electron chi connectivity index (χ0n) is 9.85. The molecule has 96 valence electrons. The average molecular weight is 249 g/mol. The van der Waals surface area contributed by atoms with Crippen LogP contribution < -0.4 is 16.3 Å². The molecule has 18 heavy (non-hydrogen) atoms. The van der Waals surface area contributed by atoms with Crippen LogP contribution in [0.25, 0.3) is 11.2 Å². The lowest BCUT2D eigenvalue weighted by molar-refractivity contribution is 0.0466. The fourth-order valence-corrected chi connectivity index (χ4v) is 2.27. The van der Waals surface area contributed by atoms with E-state index in [-0.39, 0.29) is 11.8 Å². The summed E-state index contributed by atoms with van der Waals surface area (Å²) in [6.45, 7) is 2.64. The van der Waals surface area contributed by atoms with Crippen LogP contribution >= 0.6 is 0 Å². The summed E-state index contributed by atoms with van der Waals surface area (Å²) < 4.78 is 5.53. The van der Waals surface area contributed by atoms with E-state index < -0.39 is 0 Å². The number of nitrogens with one attached hydrogen (secondary N) is 2. The van der Waals surface area contributed by atoms with Gasteiger partial charge in [0.15, 0.2) is 5.65 Å². The van der Waals surface area contributed by atoms with Crippen LogP contribution in [0.5, 0.6) is 0 Å². The maximum atomic E-state index is 11.3. The fourth-order valence-electron chi connectivity index (χ4n) is 2.27. The minimum absolute atomic E-state index is 0.0348. The zero-order chi connectivity index (χ0) is 12.5. The number of rotatable bonds is 2. The van der Waals surface area contributed by atoms with Crippen LogP contribution in [0.15, 0.2) is 17.1 Å². The van der Waals surface area contributed by atoms with Crippen molar-refractivity contribution in [2.45, 2.75) is 6.10 Å². The molecule has 1 aliphatic heterocycles. The molecule has 0 spiro atoms. The molecule has 0 saturated carbocycles. The summed E-state index contributed by atoms with van der Waals surface area (Å²) in [7, 11) is 0. The Labute approximate surface area is 103 Å². The minimum atomic E-state index is -0.242. The molecule has 7 nitrogen and oxygen atoms in total. The summed E-state index contributed by atoms with van der Waals surface area (Å²) in [5.41, 5.74) is 7.66. The number of H-pyrrole nitrogens is 2. The van der Waals surface area contributed by atoms with Gasteiger partial charge in [-0.05, 0) is 6.07 Å². The lowest BCUT2D eigenvalue weighted by Gasteiger charge is -2.34. The number of nitrogens with zero attached hydrogens (tertiary/aromatic N) is 2. The standard InChI is InChI=1S/C11H15N5O2/c12-5-7-6-16(3-4-18-7)8-1-2-13-10-9(8)14-11(17)15-10/h1-2,7H,3-6,12H2,(H2,13,14,15,17). The van der Waals surface area contributed by atoms with Crippen molar-refractivity contribution >= 4 is 16.9 Å². The number of fused-ring (bicyclic) bond motifs is 1. The van der Waals surface area contributed by atoms with Crippen molar-refractivity contribution in [1.82, 2.24) is 15.0 Å². The number of morpholine rings is 1. The van der Waals surface area contributed by atoms with Crippen molar-refractivity contribution in [3.8, 4) is 0 Å². The van der Waals surface area contributed by atoms with Gasteiger partial charge < -0.3 is 20.4 Å². The summed E-state index contributed by atoms with van der Waals surface area (Å²) in [4.78, 5) is 23.0. The van der Waals surface area contributed by atoms with Gasteiger partial charge in [-0.15, -0.1) is 0 Å². The molecule has 2 aromatic rings. The third kappa shape index (κ3) is 1.87. The molecule has 1 fully saturated rings. The molecule has 0 amide bonds. The predicted octanol–water partition coefficient (Wildman–Crippen LogP) is -0.585. The van der Waals surface area contributed by atoms with Gasteiger partial charge >= 0.3 is 5.69 Å². The van der Waals surface area contributed by atoms with E-state index in [0.29, 0.717) is 18.8 Å². The first-order valence-electron chi connectivity index (χ1n) is 5.91. The summed E-state index contributed by atoms with van der Waals surface area (Å²) in [6, 6.07) is 1.89. The average Bonchev–Trinajstić information content (AvgIpc) is 2.78. The largest absolute Gasteiger partial charge is 0.373 e. The van der Waals surface area contributed by atoms with Crippen molar-refractivity contribution in [1.29, 1.82) is 0 Å². The number of aromatic amines is 2. The molecule has 1 saturated heterocycles. The molecule has 1 unspecified atom stereocenters. The highest BCUT2D eigenvalue weighted by Crippen LogP contribution is 2.23. The molecule has 7 heteroatoms. The van der Waals surface area contributed by atoms with Gasteiger partial charge in [0, 0.05) is 25.8 Å². The van der Waals surface area contributed by atoms with E-state index in [1.807, 2.05) is 6.07 Å². The fraction of sp³-hybridized carbons (Fsp3) is 0.455. The van der Waals surface area contributed by atoms with Crippen LogP contribution in [0, 0.1) is 0 Å². The monoisotopic (exact) mass is 249 g/mol. The third-order valence-electron chi connectivity index (χ3n) is 3.14. The summed E-state index contributed by atoms with van der Waals surface area (Å²) in [5, 5.41) is 0. The van der Waals surface area contributed by atoms with E-state index in [9.17, 15) is 4.79 Å². The molecule has 4 N–H and O–H groups in total. The number of imidazole rings is 1. The second kappa shape index (κ2) is 4.43. The Bertz CT molecular complexity index is 605. The van der Waals surface area contributed by atoms with Crippen LogP contribution in [0.3, 0.4) is 0 Å². The Morgan fingerprint density at radius 1 is 1.56 bits per heavy atom. The van der Waals surface area contributed by atoms with Gasteiger partial charge in [-0.25, -0.2) is 9.78 Å². The molecule has 0 bridgehead atoms. The minimum Gasteiger partial charge on any atom is -0.373 e. The number of hydrogen-bond donors (Lipinski definition) is 3. The Kier molecular flexibility index (Phi) is 2.77. The summed E-state index contributed by atoms with van der Waals surface area (Å²) in [5.74, 6) is 0. The van der Waals surface area contributed by atoms with E-state index in [2.05, 4.69) is 19.9 Å². The zero-order valence-corrected chi connectivity index (χ0v) is 9.85. The molecule has 0 aromatic carbocycles. The number of pyridine rings is 1. The third-order valence-corrected chi connectivity index (χ3v) is 3.14. The number of aromatic nitrogens is 3. The molecule has 2 aromatic heterocycles. The Hall–Kier alpha value is -1.86. The van der Waals surface area contributed by atoms with E-state index in [1.165, 1.54) is 0 Å². The quantitative estimate of drug-likeness (QED) is 0.661. The lowest BCUT2D eigenvalue weighted by atomic mass is 10.2. The van der Waals surface area contributed by atoms with Crippen LogP contribution in [0.2, 0.25) is 0 Å². The van der Waals surface area contributed by atoms with Gasteiger partial charge in [-0.2, -0.15) is 0 Å². The van der Waals surface area contributed by atoms with Crippen molar-refractivity contribution in [2.24, 2.45) is 5.73 Å². The predicted molar refractivity (Wildman–Crippen MR) is 67.7 cm³/mol. The second-order valence-electron chi connectivity index (χ2n) is 4.31. The van der Waals surface area contributed by atoms with Crippen LogP contribution in [-0.2, 0) is 4.74 Å². The van der Waals surface area contributed by atoms with E-state index in [0.717, 1.165) is 24.3 Å². The highest BCUT2D eigenvalue weighted by molar-refractivity contribution is 5.85. The lowest BCUT2D eigenvalue weighted by Crippen LogP contribution is -2.45. The first-order chi connectivity index (χ1) is 8.78. The highest BCUT2D eigenvalue weighted by atomic mass is 16.5. The van der Waals surface area contributed by atoms with E-state index in [1.54, 1.807) is 6.20 Å². The summed E-state index contributed by atoms with van der Waals surface area (Å²) >= 11 is 0. The number of hydrogen-bond acceptors (Lipinski definition) is 5. The van der Waals surface area contributed by atoms with Gasteiger partial charge in [-0.3, -0.25) is 4.98 Å². The molecule has 0 radical (unpaired) electrons. The van der Waals surface area contributed by atoms with Crippen LogP contribution in [0.4, 0.5) is 5.69 Å². The van der Waals surface area contributed by atoms with Crippen molar-refractivity contribution in [3.63, 3.8) is 0 Å². The van der Waals surface area contributed by atoms with Gasteiger partial charge in [0.05, 0.1) is 18.4 Å². The highest BCUT2D eigenvalue weighted by Gasteiger charge is 2.21. The van der Waals surface area contributed by atoms with Gasteiger partial charge in [0.2, 0.25) is 0 Å². The SMILES string of the molecule is NCC1CN(c2ccnc3[nH]c(=O)[nH]c23)CCO1. The van der Waals surface area contributed by atoms with Gasteiger partial charge in [0.25, 0.3) is 0 Å². The topological polar surface area (TPSA) is 100 Å².